The molecule has 0 aromatic carbocycles. The van der Waals surface area contributed by atoms with Crippen LogP contribution in [0.25, 0.3) is 0 Å². The number of nitrogens with zero attached hydrogens (tertiary/aromatic N) is 1. The first-order valence-corrected chi connectivity index (χ1v) is 32.3. The van der Waals surface area contributed by atoms with E-state index in [9.17, 15) is 28.6 Å². The van der Waals surface area contributed by atoms with E-state index in [1.54, 1.807) is 0 Å². The Kier molecular flexibility index (Phi) is 49.1. The lowest BCUT2D eigenvalue weighted by Crippen LogP contribution is -2.37. The van der Waals surface area contributed by atoms with Gasteiger partial charge in [-0.2, -0.15) is 0 Å². The van der Waals surface area contributed by atoms with Gasteiger partial charge in [0, 0.05) is 25.7 Å². The summed E-state index contributed by atoms with van der Waals surface area (Å²) in [6.07, 6.45) is 41.0. The molecule has 1 N–H and O–H groups in total. The van der Waals surface area contributed by atoms with Crippen LogP contribution in [0.5, 0.6) is 0 Å². The molecule has 1 unspecified atom stereocenters. The molecule has 0 saturated heterocycles. The van der Waals surface area contributed by atoms with Gasteiger partial charge in [0.15, 0.2) is 6.10 Å². The summed E-state index contributed by atoms with van der Waals surface area (Å²) in [5, 5.41) is 0. The molecule has 0 fully saturated rings. The van der Waals surface area contributed by atoms with Crippen LogP contribution in [-0.2, 0) is 51.7 Å². The molecular weight excluding hydrogens is 958 g/mol. The van der Waals surface area contributed by atoms with E-state index in [1.165, 1.54) is 128 Å². The molecule has 0 aliphatic rings. The summed E-state index contributed by atoms with van der Waals surface area (Å²) in [5.74, 6) is -1.20. The minimum atomic E-state index is -4.46. The quantitative estimate of drug-likeness (QED) is 0.0202. The van der Waals surface area contributed by atoms with Gasteiger partial charge in [0.1, 0.15) is 32.0 Å². The van der Waals surface area contributed by atoms with Gasteiger partial charge in [0.05, 0.1) is 27.7 Å². The molecule has 0 bridgehead atoms. The highest BCUT2D eigenvalue weighted by Crippen LogP contribution is 2.43. The van der Waals surface area contributed by atoms with E-state index in [0.29, 0.717) is 43.1 Å². The molecule has 0 aromatic heterocycles. The van der Waals surface area contributed by atoms with E-state index >= 15 is 0 Å². The monoisotopic (exact) mass is 1070 g/mol. The molecule has 14 heteroatoms. The molecule has 0 aromatic rings. The zero-order chi connectivity index (χ0) is 54.8. The largest absolute Gasteiger partial charge is 0.472 e. The van der Waals surface area contributed by atoms with E-state index in [0.717, 1.165) is 96.3 Å². The number of carbonyl (C=O) groups excluding carboxylic acids is 4. The second kappa shape index (κ2) is 50.5. The Morgan fingerprint density at radius 3 is 0.986 bits per heavy atom. The molecule has 0 aliphatic carbocycles. The lowest BCUT2D eigenvalue weighted by Gasteiger charge is -2.24. The fourth-order valence-corrected chi connectivity index (χ4v) is 9.77. The fraction of sp³-hybridized carbons (Fsp3) is 0.933. The van der Waals surface area contributed by atoms with Gasteiger partial charge in [0.25, 0.3) is 0 Å². The predicted octanol–water partition coefficient (Wildman–Crippen LogP) is 16.6. The molecule has 0 amide bonds. The van der Waals surface area contributed by atoms with Gasteiger partial charge in [-0.15, -0.1) is 0 Å². The Hall–Kier alpha value is -2.05. The van der Waals surface area contributed by atoms with Crippen LogP contribution in [0.4, 0.5) is 0 Å². The Balaban J connectivity index is 4.84. The predicted molar refractivity (Wildman–Crippen MR) is 302 cm³/mol. The van der Waals surface area contributed by atoms with Crippen molar-refractivity contribution in [2.45, 2.75) is 316 Å². The van der Waals surface area contributed by atoms with E-state index in [1.807, 2.05) is 21.1 Å². The van der Waals surface area contributed by atoms with E-state index in [4.69, 9.17) is 28.0 Å². The third-order valence-electron chi connectivity index (χ3n) is 13.8. The van der Waals surface area contributed by atoms with Crippen LogP contribution in [0.2, 0.25) is 0 Å². The van der Waals surface area contributed by atoms with Gasteiger partial charge in [-0.1, -0.05) is 195 Å². The first kappa shape index (κ1) is 72.0. The highest BCUT2D eigenvalue weighted by molar-refractivity contribution is 7.47. The molecular formula is C60H117NO12P+. The standard InChI is InChI=1S/C60H116NO12P/c1-8-12-16-20-26-34-42-54(43-35-27-21-17-13-9-2)71-58(63)47-39-30-24-25-31-40-49-60(65)73-56(53-70-74(66,67)69-51-50-61(5,6)7)52-68-57(62)46-38-32-33-41-48-59(64)72-55(44-36-28-22-18-14-10-3)45-37-29-23-19-15-11-4/h54-56H,8-53H2,1-7H3/p+1/t56-/m0/s1. The van der Waals surface area contributed by atoms with Crippen molar-refractivity contribution in [3.8, 4) is 0 Å². The molecule has 438 valence electrons. The van der Waals surface area contributed by atoms with Gasteiger partial charge in [-0.05, 0) is 77.0 Å². The van der Waals surface area contributed by atoms with Crippen LogP contribution in [0.15, 0.2) is 0 Å². The Morgan fingerprint density at radius 1 is 0.378 bits per heavy atom. The van der Waals surface area contributed by atoms with E-state index < -0.39 is 32.5 Å². The first-order chi connectivity index (χ1) is 35.6. The van der Waals surface area contributed by atoms with Crippen molar-refractivity contribution in [3.05, 3.63) is 0 Å². The number of phosphoric ester groups is 1. The van der Waals surface area contributed by atoms with Crippen molar-refractivity contribution >= 4 is 31.7 Å². The smallest absolute Gasteiger partial charge is 0.462 e. The van der Waals surface area contributed by atoms with Crippen molar-refractivity contribution in [3.63, 3.8) is 0 Å². The summed E-state index contributed by atoms with van der Waals surface area (Å²) >= 11 is 0. The maximum Gasteiger partial charge on any atom is 0.472 e. The molecule has 74 heavy (non-hydrogen) atoms. The van der Waals surface area contributed by atoms with Crippen LogP contribution in [0, 0.1) is 0 Å². The molecule has 0 saturated carbocycles. The van der Waals surface area contributed by atoms with Crippen LogP contribution < -0.4 is 0 Å². The molecule has 0 spiro atoms. The summed E-state index contributed by atoms with van der Waals surface area (Å²) < 4.78 is 46.6. The van der Waals surface area contributed by atoms with Crippen molar-refractivity contribution in [1.82, 2.24) is 0 Å². The summed E-state index contributed by atoms with van der Waals surface area (Å²) in [7, 11) is 1.33. The number of phosphoric acid groups is 1. The number of rotatable bonds is 56. The topological polar surface area (TPSA) is 161 Å². The molecule has 13 nitrogen and oxygen atoms in total. The molecule has 0 radical (unpaired) electrons. The molecule has 0 aliphatic heterocycles. The number of hydrogen-bond donors (Lipinski definition) is 1. The van der Waals surface area contributed by atoms with Gasteiger partial charge >= 0.3 is 31.7 Å². The van der Waals surface area contributed by atoms with Gasteiger partial charge in [-0.25, -0.2) is 4.57 Å². The number of esters is 4. The maximum absolute atomic E-state index is 12.9. The van der Waals surface area contributed by atoms with Crippen molar-refractivity contribution in [2.24, 2.45) is 0 Å². The van der Waals surface area contributed by atoms with Crippen molar-refractivity contribution in [1.29, 1.82) is 0 Å². The summed E-state index contributed by atoms with van der Waals surface area (Å²) in [5.41, 5.74) is 0. The number of likely N-dealkylation sites (N-methyl/N-ethyl adjacent to an activating group) is 1. The third kappa shape index (κ3) is 50.7. The third-order valence-corrected chi connectivity index (χ3v) is 14.8. The normalized spacial score (nSPS) is 13.1. The number of quaternary nitrogens is 1. The Morgan fingerprint density at radius 2 is 0.662 bits per heavy atom. The van der Waals surface area contributed by atoms with Crippen molar-refractivity contribution in [2.75, 3.05) is 47.5 Å². The average Bonchev–Trinajstić information content (AvgIpc) is 3.35. The molecule has 0 rings (SSSR count). The number of carbonyl (C=O) groups is 4. The number of hydrogen-bond acceptors (Lipinski definition) is 11. The van der Waals surface area contributed by atoms with E-state index in [-0.39, 0.29) is 50.2 Å². The average molecular weight is 1080 g/mol. The Labute approximate surface area is 454 Å². The summed E-state index contributed by atoms with van der Waals surface area (Å²) in [6, 6.07) is 0. The second-order valence-corrected chi connectivity index (χ2v) is 23.8. The van der Waals surface area contributed by atoms with Gasteiger partial charge in [-0.3, -0.25) is 28.2 Å². The van der Waals surface area contributed by atoms with Gasteiger partial charge in [0.2, 0.25) is 0 Å². The minimum absolute atomic E-state index is 0.00363. The molecule has 2 atom stereocenters. The summed E-state index contributed by atoms with van der Waals surface area (Å²) in [6.45, 7) is 8.58. The highest BCUT2D eigenvalue weighted by atomic mass is 31.2. The first-order valence-electron chi connectivity index (χ1n) is 30.8. The SMILES string of the molecule is CCCCCCCCC(CCCCCCCC)OC(=O)CCCCCCCCC(=O)O[C@@H](COC(=O)CCCCCCC(=O)OC(CCCCCCCC)CCCCCCCC)COP(=O)(O)OCC[N+](C)(C)C. The zero-order valence-corrected chi connectivity index (χ0v) is 50.0. The molecule has 0 heterocycles. The lowest BCUT2D eigenvalue weighted by atomic mass is 10.0. The van der Waals surface area contributed by atoms with Crippen LogP contribution in [0.3, 0.4) is 0 Å². The maximum atomic E-state index is 12.9. The fourth-order valence-electron chi connectivity index (χ4n) is 9.03. The van der Waals surface area contributed by atoms with Crippen LogP contribution in [-0.4, -0.2) is 99.1 Å². The van der Waals surface area contributed by atoms with Crippen molar-refractivity contribution < 1.29 is 61.1 Å². The second-order valence-electron chi connectivity index (χ2n) is 22.4. The minimum Gasteiger partial charge on any atom is -0.462 e. The Bertz CT molecular complexity index is 1340. The number of unbranched alkanes of at least 4 members (excludes halogenated alkanes) is 28. The zero-order valence-electron chi connectivity index (χ0n) is 49.1. The van der Waals surface area contributed by atoms with Crippen LogP contribution >= 0.6 is 7.82 Å². The van der Waals surface area contributed by atoms with E-state index in [2.05, 4.69) is 27.7 Å². The number of ether oxygens (including phenoxy) is 4. The lowest BCUT2D eigenvalue weighted by molar-refractivity contribution is -0.870. The highest BCUT2D eigenvalue weighted by Gasteiger charge is 2.27. The van der Waals surface area contributed by atoms with Crippen LogP contribution in [0.1, 0.15) is 297 Å². The summed E-state index contributed by atoms with van der Waals surface area (Å²) in [4.78, 5) is 61.7. The van der Waals surface area contributed by atoms with Gasteiger partial charge < -0.3 is 28.3 Å².